The molecule has 3 rings (SSSR count). The SMILES string of the molecule is COC(=O)[C@@H]1Cc2ccccc2CN1CC(=O)NCCOc1ccccc1OC. The number of carbonyl (C=O) groups excluding carboxylic acids is 2. The van der Waals surface area contributed by atoms with Crippen LogP contribution >= 0.6 is 0 Å². The van der Waals surface area contributed by atoms with Gasteiger partial charge in [0.25, 0.3) is 0 Å². The Balaban J connectivity index is 1.52. The Hall–Kier alpha value is -3.06. The monoisotopic (exact) mass is 398 g/mol. The lowest BCUT2D eigenvalue weighted by atomic mass is 9.94. The highest BCUT2D eigenvalue weighted by Gasteiger charge is 2.33. The molecule has 0 unspecified atom stereocenters. The molecule has 0 aliphatic carbocycles. The van der Waals surface area contributed by atoms with Gasteiger partial charge in [0, 0.05) is 6.54 Å². The number of nitrogens with zero attached hydrogens (tertiary/aromatic N) is 1. The summed E-state index contributed by atoms with van der Waals surface area (Å²) in [5.74, 6) is 0.781. The molecule has 1 amide bonds. The van der Waals surface area contributed by atoms with Gasteiger partial charge in [-0.2, -0.15) is 0 Å². The molecule has 154 valence electrons. The minimum Gasteiger partial charge on any atom is -0.493 e. The number of hydrogen-bond acceptors (Lipinski definition) is 6. The molecule has 0 radical (unpaired) electrons. The van der Waals surface area contributed by atoms with Crippen molar-refractivity contribution in [1.29, 1.82) is 0 Å². The number of para-hydroxylation sites is 2. The lowest BCUT2D eigenvalue weighted by Gasteiger charge is -2.34. The van der Waals surface area contributed by atoms with Crippen LogP contribution < -0.4 is 14.8 Å². The van der Waals surface area contributed by atoms with Crippen LogP contribution in [0.1, 0.15) is 11.1 Å². The quantitative estimate of drug-likeness (QED) is 0.540. The van der Waals surface area contributed by atoms with E-state index in [9.17, 15) is 9.59 Å². The maximum absolute atomic E-state index is 12.4. The zero-order valence-electron chi connectivity index (χ0n) is 16.7. The highest BCUT2D eigenvalue weighted by molar-refractivity contribution is 5.81. The Morgan fingerprint density at radius 1 is 1.03 bits per heavy atom. The van der Waals surface area contributed by atoms with E-state index < -0.39 is 6.04 Å². The van der Waals surface area contributed by atoms with Crippen molar-refractivity contribution >= 4 is 11.9 Å². The minimum absolute atomic E-state index is 0.114. The van der Waals surface area contributed by atoms with E-state index in [4.69, 9.17) is 14.2 Å². The summed E-state index contributed by atoms with van der Waals surface area (Å²) in [6.07, 6.45) is 0.535. The standard InChI is InChI=1S/C22H26N2O5/c1-27-19-9-5-6-10-20(19)29-12-11-23-21(25)15-24-14-17-8-4-3-7-16(17)13-18(24)22(26)28-2/h3-10,18H,11-15H2,1-2H3,(H,23,25)/t18-/m0/s1. The molecular formula is C22H26N2O5. The van der Waals surface area contributed by atoms with Gasteiger partial charge in [-0.25, -0.2) is 0 Å². The second-order valence-corrected chi connectivity index (χ2v) is 6.77. The summed E-state index contributed by atoms with van der Waals surface area (Å²) >= 11 is 0. The summed E-state index contributed by atoms with van der Waals surface area (Å²) in [6, 6.07) is 14.8. The van der Waals surface area contributed by atoms with Crippen LogP contribution in [0.5, 0.6) is 11.5 Å². The van der Waals surface area contributed by atoms with Gasteiger partial charge in [0.05, 0.1) is 27.3 Å². The molecule has 1 heterocycles. The Morgan fingerprint density at radius 2 is 1.72 bits per heavy atom. The fourth-order valence-corrected chi connectivity index (χ4v) is 3.44. The van der Waals surface area contributed by atoms with Crippen LogP contribution in [-0.4, -0.2) is 56.7 Å². The molecule has 1 atom stereocenters. The predicted molar refractivity (Wildman–Crippen MR) is 108 cm³/mol. The second kappa shape index (κ2) is 9.93. The normalized spacial score (nSPS) is 15.9. The van der Waals surface area contributed by atoms with Crippen LogP contribution in [0, 0.1) is 0 Å². The van der Waals surface area contributed by atoms with Gasteiger partial charge in [0.1, 0.15) is 12.6 Å². The smallest absolute Gasteiger partial charge is 0.323 e. The second-order valence-electron chi connectivity index (χ2n) is 6.77. The van der Waals surface area contributed by atoms with Gasteiger partial charge in [-0.1, -0.05) is 36.4 Å². The molecule has 1 aliphatic rings. The van der Waals surface area contributed by atoms with Crippen molar-refractivity contribution in [2.75, 3.05) is 33.9 Å². The number of ether oxygens (including phenoxy) is 3. The highest BCUT2D eigenvalue weighted by Crippen LogP contribution is 2.25. The summed E-state index contributed by atoms with van der Waals surface area (Å²) in [4.78, 5) is 26.5. The molecule has 7 nitrogen and oxygen atoms in total. The molecule has 29 heavy (non-hydrogen) atoms. The average molecular weight is 398 g/mol. The molecular weight excluding hydrogens is 372 g/mol. The number of hydrogen-bond donors (Lipinski definition) is 1. The summed E-state index contributed by atoms with van der Waals surface area (Å²) in [7, 11) is 2.95. The largest absolute Gasteiger partial charge is 0.493 e. The molecule has 0 saturated carbocycles. The number of fused-ring (bicyclic) bond motifs is 1. The minimum atomic E-state index is -0.467. The number of benzene rings is 2. The van der Waals surface area contributed by atoms with Gasteiger partial charge in [-0.3, -0.25) is 14.5 Å². The van der Waals surface area contributed by atoms with Gasteiger partial charge in [-0.15, -0.1) is 0 Å². The van der Waals surface area contributed by atoms with Crippen LogP contribution in [0.3, 0.4) is 0 Å². The molecule has 0 aromatic heterocycles. The van der Waals surface area contributed by atoms with E-state index in [1.165, 1.54) is 7.11 Å². The molecule has 0 fully saturated rings. The lowest BCUT2D eigenvalue weighted by molar-refractivity contribution is -0.148. The van der Waals surface area contributed by atoms with Crippen molar-refractivity contribution in [3.05, 3.63) is 59.7 Å². The van der Waals surface area contributed by atoms with Crippen LogP contribution in [0.25, 0.3) is 0 Å². The number of esters is 1. The van der Waals surface area contributed by atoms with Gasteiger partial charge in [0.2, 0.25) is 5.91 Å². The van der Waals surface area contributed by atoms with E-state index in [0.29, 0.717) is 37.6 Å². The fourth-order valence-electron chi connectivity index (χ4n) is 3.44. The third-order valence-corrected chi connectivity index (χ3v) is 4.92. The molecule has 0 bridgehead atoms. The Morgan fingerprint density at radius 3 is 2.45 bits per heavy atom. The first-order valence-corrected chi connectivity index (χ1v) is 9.53. The number of rotatable bonds is 8. The molecule has 1 N–H and O–H groups in total. The number of amides is 1. The van der Waals surface area contributed by atoms with Gasteiger partial charge in [0.15, 0.2) is 11.5 Å². The zero-order valence-corrected chi connectivity index (χ0v) is 16.7. The fraction of sp³-hybridized carbons (Fsp3) is 0.364. The summed E-state index contributed by atoms with van der Waals surface area (Å²) in [6.45, 7) is 1.31. The molecule has 2 aromatic rings. The number of nitrogens with one attached hydrogen (secondary N) is 1. The third-order valence-electron chi connectivity index (χ3n) is 4.92. The summed E-state index contributed by atoms with van der Waals surface area (Å²) in [5.41, 5.74) is 2.24. The van der Waals surface area contributed by atoms with Crippen molar-refractivity contribution in [2.45, 2.75) is 19.0 Å². The van der Waals surface area contributed by atoms with E-state index >= 15 is 0 Å². The van der Waals surface area contributed by atoms with Crippen LogP contribution in [0.2, 0.25) is 0 Å². The van der Waals surface area contributed by atoms with Gasteiger partial charge < -0.3 is 19.5 Å². The average Bonchev–Trinajstić information content (AvgIpc) is 2.76. The summed E-state index contributed by atoms with van der Waals surface area (Å²) in [5, 5.41) is 2.84. The van der Waals surface area contributed by atoms with Crippen molar-refractivity contribution in [1.82, 2.24) is 10.2 Å². The van der Waals surface area contributed by atoms with E-state index in [1.807, 2.05) is 53.4 Å². The molecule has 0 saturated heterocycles. The Labute approximate surface area is 170 Å². The van der Waals surface area contributed by atoms with E-state index in [1.54, 1.807) is 7.11 Å². The van der Waals surface area contributed by atoms with Gasteiger partial charge in [-0.05, 0) is 29.7 Å². The van der Waals surface area contributed by atoms with Crippen molar-refractivity contribution in [3.8, 4) is 11.5 Å². The van der Waals surface area contributed by atoms with Crippen molar-refractivity contribution in [2.24, 2.45) is 0 Å². The molecule has 0 spiro atoms. The molecule has 2 aromatic carbocycles. The third kappa shape index (κ3) is 5.26. The first-order valence-electron chi connectivity index (χ1n) is 9.53. The Bertz CT molecular complexity index is 855. The topological polar surface area (TPSA) is 77.1 Å². The van der Waals surface area contributed by atoms with Crippen molar-refractivity contribution in [3.63, 3.8) is 0 Å². The predicted octanol–water partition coefficient (Wildman–Crippen LogP) is 1.79. The van der Waals surface area contributed by atoms with E-state index in [-0.39, 0.29) is 18.4 Å². The Kier molecular flexibility index (Phi) is 7.08. The van der Waals surface area contributed by atoms with E-state index in [0.717, 1.165) is 11.1 Å². The molecule has 1 aliphatic heterocycles. The van der Waals surface area contributed by atoms with Crippen LogP contribution in [0.15, 0.2) is 48.5 Å². The summed E-state index contributed by atoms with van der Waals surface area (Å²) < 4.78 is 15.8. The van der Waals surface area contributed by atoms with E-state index in [2.05, 4.69) is 5.32 Å². The first kappa shape index (κ1) is 20.7. The van der Waals surface area contributed by atoms with Crippen molar-refractivity contribution < 1.29 is 23.8 Å². The lowest BCUT2D eigenvalue weighted by Crippen LogP contribution is -2.50. The number of methoxy groups -OCH3 is 2. The van der Waals surface area contributed by atoms with Crippen LogP contribution in [0.4, 0.5) is 0 Å². The van der Waals surface area contributed by atoms with Gasteiger partial charge >= 0.3 is 5.97 Å². The maximum atomic E-state index is 12.4. The maximum Gasteiger partial charge on any atom is 0.323 e. The zero-order chi connectivity index (χ0) is 20.6. The van der Waals surface area contributed by atoms with Crippen LogP contribution in [-0.2, 0) is 27.3 Å². The highest BCUT2D eigenvalue weighted by atomic mass is 16.5. The number of carbonyl (C=O) groups is 2. The molecule has 7 heteroatoms. The first-order chi connectivity index (χ1) is 14.1.